The quantitative estimate of drug-likeness (QED) is 0.608. The van der Waals surface area contributed by atoms with E-state index in [4.69, 9.17) is 5.11 Å². The lowest BCUT2D eigenvalue weighted by Gasteiger charge is -2.34. The van der Waals surface area contributed by atoms with Crippen molar-refractivity contribution in [1.82, 2.24) is 4.90 Å². The maximum atomic E-state index is 13.6. The Kier molecular flexibility index (Phi) is 8.01. The third-order valence-corrected chi connectivity index (χ3v) is 6.97. The summed E-state index contributed by atoms with van der Waals surface area (Å²) in [4.78, 5) is 31.2. The average Bonchev–Trinajstić information content (AvgIpc) is 2.87. The van der Waals surface area contributed by atoms with E-state index < -0.39 is 5.97 Å². The molecular weight excluding hydrogens is 426 g/mol. The molecule has 1 amide bonds. The number of hydrogen-bond acceptors (Lipinski definition) is 4. The normalized spacial score (nSPS) is 17.7. The van der Waals surface area contributed by atoms with Crippen LogP contribution in [0.2, 0.25) is 0 Å². The van der Waals surface area contributed by atoms with E-state index in [1.807, 2.05) is 29.2 Å². The van der Waals surface area contributed by atoms with Gasteiger partial charge in [-0.05, 0) is 61.4 Å². The molecule has 1 saturated heterocycles. The Balaban J connectivity index is 1.55. The molecule has 6 nitrogen and oxygen atoms in total. The Morgan fingerprint density at radius 3 is 2.38 bits per heavy atom. The van der Waals surface area contributed by atoms with Gasteiger partial charge in [-0.3, -0.25) is 4.79 Å². The summed E-state index contributed by atoms with van der Waals surface area (Å²) in [6.45, 7) is 4.69. The fourth-order valence-corrected chi connectivity index (χ4v) is 4.89. The standard InChI is InChI=1S/C28H35N3O3/c1-29-16-18-30(19-17-29)25-13-10-23(11-14-25)21-31(28(34)24-7-3-2-4-8-24)26-9-5-6-22(20-26)12-15-27(32)33/h5-6,9-15,20,24H,2-4,7-8,16-19,21H2,1H3,(H,32,33). The lowest BCUT2D eigenvalue weighted by Crippen LogP contribution is -2.44. The van der Waals surface area contributed by atoms with Crippen LogP contribution in [0.3, 0.4) is 0 Å². The molecule has 2 fully saturated rings. The van der Waals surface area contributed by atoms with Gasteiger partial charge in [-0.2, -0.15) is 0 Å². The summed E-state index contributed by atoms with van der Waals surface area (Å²) in [5, 5.41) is 8.98. The Morgan fingerprint density at radius 1 is 1.00 bits per heavy atom. The number of benzene rings is 2. The van der Waals surface area contributed by atoms with Crippen LogP contribution in [0, 0.1) is 5.92 Å². The zero-order valence-corrected chi connectivity index (χ0v) is 20.0. The summed E-state index contributed by atoms with van der Waals surface area (Å²) in [7, 11) is 2.16. The zero-order valence-electron chi connectivity index (χ0n) is 20.0. The minimum Gasteiger partial charge on any atom is -0.478 e. The maximum Gasteiger partial charge on any atom is 0.328 e. The van der Waals surface area contributed by atoms with Gasteiger partial charge in [0.05, 0.1) is 6.54 Å². The van der Waals surface area contributed by atoms with Crippen LogP contribution in [0.1, 0.15) is 43.2 Å². The summed E-state index contributed by atoms with van der Waals surface area (Å²) in [5.41, 5.74) is 3.90. The fraction of sp³-hybridized carbons (Fsp3) is 0.429. The minimum atomic E-state index is -0.985. The molecule has 2 aromatic rings. The molecule has 1 aliphatic heterocycles. The molecule has 0 spiro atoms. The summed E-state index contributed by atoms with van der Waals surface area (Å²) < 4.78 is 0. The summed E-state index contributed by atoms with van der Waals surface area (Å²) in [6.07, 6.45) is 7.99. The molecule has 1 aliphatic carbocycles. The number of hydrogen-bond donors (Lipinski definition) is 1. The van der Waals surface area contributed by atoms with Crippen LogP contribution in [-0.4, -0.2) is 55.1 Å². The number of carbonyl (C=O) groups is 2. The van der Waals surface area contributed by atoms with Crippen molar-refractivity contribution in [1.29, 1.82) is 0 Å². The van der Waals surface area contributed by atoms with Crippen molar-refractivity contribution in [2.45, 2.75) is 38.6 Å². The molecule has 0 aromatic heterocycles. The smallest absolute Gasteiger partial charge is 0.328 e. The van der Waals surface area contributed by atoms with E-state index >= 15 is 0 Å². The van der Waals surface area contributed by atoms with Crippen LogP contribution < -0.4 is 9.80 Å². The monoisotopic (exact) mass is 461 g/mol. The van der Waals surface area contributed by atoms with Gasteiger partial charge in [0, 0.05) is 49.5 Å². The Labute approximate surface area is 202 Å². The van der Waals surface area contributed by atoms with E-state index in [-0.39, 0.29) is 11.8 Å². The number of nitrogens with zero attached hydrogens (tertiary/aromatic N) is 3. The first-order valence-electron chi connectivity index (χ1n) is 12.3. The third-order valence-electron chi connectivity index (χ3n) is 6.97. The highest BCUT2D eigenvalue weighted by Crippen LogP contribution is 2.29. The second-order valence-corrected chi connectivity index (χ2v) is 9.48. The van der Waals surface area contributed by atoms with Gasteiger partial charge in [-0.25, -0.2) is 4.79 Å². The van der Waals surface area contributed by atoms with Crippen LogP contribution in [0.4, 0.5) is 11.4 Å². The van der Waals surface area contributed by atoms with Crippen LogP contribution >= 0.6 is 0 Å². The maximum absolute atomic E-state index is 13.6. The Morgan fingerprint density at radius 2 is 1.71 bits per heavy atom. The second kappa shape index (κ2) is 11.3. The highest BCUT2D eigenvalue weighted by Gasteiger charge is 2.27. The van der Waals surface area contributed by atoms with Crippen LogP contribution in [-0.2, 0) is 16.1 Å². The largest absolute Gasteiger partial charge is 0.478 e. The molecule has 1 saturated carbocycles. The number of piperazine rings is 1. The molecule has 1 heterocycles. The molecule has 2 aromatic carbocycles. The van der Waals surface area contributed by atoms with Gasteiger partial charge in [0.1, 0.15) is 0 Å². The number of carboxylic acids is 1. The summed E-state index contributed by atoms with van der Waals surface area (Å²) in [6, 6.07) is 16.2. The van der Waals surface area contributed by atoms with E-state index in [0.717, 1.165) is 74.8 Å². The Hall–Kier alpha value is -3.12. The highest BCUT2D eigenvalue weighted by molar-refractivity contribution is 5.95. The van der Waals surface area contributed by atoms with Gasteiger partial charge in [0.25, 0.3) is 0 Å². The Bertz CT molecular complexity index is 1000. The van der Waals surface area contributed by atoms with Crippen molar-refractivity contribution in [2.75, 3.05) is 43.0 Å². The third kappa shape index (κ3) is 6.26. The molecule has 34 heavy (non-hydrogen) atoms. The molecule has 0 radical (unpaired) electrons. The number of aliphatic carboxylic acids is 1. The van der Waals surface area contributed by atoms with Crippen molar-refractivity contribution in [2.24, 2.45) is 5.92 Å². The van der Waals surface area contributed by atoms with Crippen LogP contribution in [0.15, 0.2) is 54.6 Å². The number of likely N-dealkylation sites (N-methyl/N-ethyl adjacent to an activating group) is 1. The molecule has 4 rings (SSSR count). The SMILES string of the molecule is CN1CCN(c2ccc(CN(C(=O)C3CCCCC3)c3cccc(C=CC(=O)O)c3)cc2)CC1. The zero-order chi connectivity index (χ0) is 23.9. The number of carboxylic acid groups (broad SMARTS) is 1. The van der Waals surface area contributed by atoms with Crippen LogP contribution in [0.5, 0.6) is 0 Å². The molecule has 2 aliphatic rings. The molecule has 180 valence electrons. The van der Waals surface area contributed by atoms with E-state index in [9.17, 15) is 9.59 Å². The first-order valence-corrected chi connectivity index (χ1v) is 12.3. The van der Waals surface area contributed by atoms with Gasteiger partial charge in [-0.1, -0.05) is 43.5 Å². The second-order valence-electron chi connectivity index (χ2n) is 9.48. The van der Waals surface area contributed by atoms with Crippen molar-refractivity contribution >= 4 is 29.3 Å². The lowest BCUT2D eigenvalue weighted by atomic mass is 9.88. The molecule has 0 bridgehead atoms. The average molecular weight is 462 g/mol. The first-order chi connectivity index (χ1) is 16.5. The molecule has 1 N–H and O–H groups in total. The van der Waals surface area contributed by atoms with Crippen molar-refractivity contribution in [3.05, 3.63) is 65.7 Å². The van der Waals surface area contributed by atoms with E-state index in [1.165, 1.54) is 12.1 Å². The number of carbonyl (C=O) groups excluding carboxylic acids is 1. The van der Waals surface area contributed by atoms with Gasteiger partial charge >= 0.3 is 5.97 Å². The number of anilines is 2. The highest BCUT2D eigenvalue weighted by atomic mass is 16.4. The van der Waals surface area contributed by atoms with E-state index in [1.54, 1.807) is 6.08 Å². The predicted molar refractivity (Wildman–Crippen MR) is 137 cm³/mol. The topological polar surface area (TPSA) is 64.1 Å². The lowest BCUT2D eigenvalue weighted by molar-refractivity contribution is -0.131. The van der Waals surface area contributed by atoms with E-state index in [2.05, 4.69) is 41.1 Å². The summed E-state index contributed by atoms with van der Waals surface area (Å²) in [5.74, 6) is -0.764. The number of amides is 1. The van der Waals surface area contributed by atoms with Gasteiger partial charge < -0.3 is 19.8 Å². The van der Waals surface area contributed by atoms with Gasteiger partial charge in [0.2, 0.25) is 5.91 Å². The molecular formula is C28H35N3O3. The van der Waals surface area contributed by atoms with E-state index in [0.29, 0.717) is 6.54 Å². The molecule has 6 heteroatoms. The van der Waals surface area contributed by atoms with Crippen molar-refractivity contribution in [3.8, 4) is 0 Å². The van der Waals surface area contributed by atoms with Crippen LogP contribution in [0.25, 0.3) is 6.08 Å². The molecule has 0 atom stereocenters. The fourth-order valence-electron chi connectivity index (χ4n) is 4.89. The predicted octanol–water partition coefficient (Wildman–Crippen LogP) is 4.65. The summed E-state index contributed by atoms with van der Waals surface area (Å²) >= 11 is 0. The molecule has 0 unspecified atom stereocenters. The number of rotatable bonds is 7. The van der Waals surface area contributed by atoms with Crippen molar-refractivity contribution < 1.29 is 14.7 Å². The van der Waals surface area contributed by atoms with Gasteiger partial charge in [-0.15, -0.1) is 0 Å². The van der Waals surface area contributed by atoms with Gasteiger partial charge in [0.15, 0.2) is 0 Å². The van der Waals surface area contributed by atoms with Crippen molar-refractivity contribution in [3.63, 3.8) is 0 Å². The minimum absolute atomic E-state index is 0.0524. The first kappa shape index (κ1) is 24.0.